The molecule has 0 aliphatic rings. The Morgan fingerprint density at radius 1 is 1.36 bits per heavy atom. The van der Waals surface area contributed by atoms with Crippen LogP contribution in [0.1, 0.15) is 20.8 Å². The highest BCUT2D eigenvalue weighted by Gasteiger charge is 1.82. The van der Waals surface area contributed by atoms with E-state index in [-0.39, 0.29) is 6.61 Å². The van der Waals surface area contributed by atoms with Gasteiger partial charge < -0.3 is 5.11 Å². The Hall–Kier alpha value is -0.820. The molecule has 1 nitrogen and oxygen atoms in total. The lowest BCUT2D eigenvalue weighted by atomic mass is 10.2. The van der Waals surface area contributed by atoms with Gasteiger partial charge in [0.05, 0.1) is 6.61 Å². The van der Waals surface area contributed by atoms with Crippen molar-refractivity contribution in [1.29, 1.82) is 0 Å². The standard InChI is InChI=1S/C10H16O/c1-4-10(8-11)7-5-6-9(2)3/h4-7,11H,8H2,1-3H3/b7-5+,10-4+. The van der Waals surface area contributed by atoms with Crippen molar-refractivity contribution in [2.24, 2.45) is 0 Å². The second-order valence-corrected chi connectivity index (χ2v) is 2.62. The molecule has 62 valence electrons. The lowest BCUT2D eigenvalue weighted by Gasteiger charge is -1.91. The second kappa shape index (κ2) is 5.93. The minimum atomic E-state index is 0.115. The van der Waals surface area contributed by atoms with Crippen LogP contribution in [-0.2, 0) is 0 Å². The Balaban J connectivity index is 4.02. The summed E-state index contributed by atoms with van der Waals surface area (Å²) in [7, 11) is 0. The van der Waals surface area contributed by atoms with E-state index in [9.17, 15) is 0 Å². The largest absolute Gasteiger partial charge is 0.392 e. The maximum Gasteiger partial charge on any atom is 0.0678 e. The average Bonchev–Trinajstić information content (AvgIpc) is 1.98. The maximum absolute atomic E-state index is 8.75. The summed E-state index contributed by atoms with van der Waals surface area (Å²) in [6.07, 6.45) is 7.77. The molecule has 0 fully saturated rings. The number of rotatable bonds is 3. The molecule has 0 unspecified atom stereocenters. The van der Waals surface area contributed by atoms with Gasteiger partial charge in [0, 0.05) is 0 Å². The maximum atomic E-state index is 8.75. The average molecular weight is 152 g/mol. The number of aliphatic hydroxyl groups is 1. The van der Waals surface area contributed by atoms with Gasteiger partial charge in [-0.3, -0.25) is 0 Å². The highest BCUT2D eigenvalue weighted by Crippen LogP contribution is 1.96. The molecule has 0 aromatic rings. The summed E-state index contributed by atoms with van der Waals surface area (Å²) in [5, 5.41) is 8.75. The van der Waals surface area contributed by atoms with E-state index in [0.717, 1.165) is 5.57 Å². The second-order valence-electron chi connectivity index (χ2n) is 2.62. The topological polar surface area (TPSA) is 20.2 Å². The van der Waals surface area contributed by atoms with Crippen molar-refractivity contribution in [2.45, 2.75) is 20.8 Å². The molecular weight excluding hydrogens is 136 g/mol. The Kier molecular flexibility index (Phi) is 5.49. The van der Waals surface area contributed by atoms with Crippen molar-refractivity contribution in [3.63, 3.8) is 0 Å². The summed E-state index contributed by atoms with van der Waals surface area (Å²) < 4.78 is 0. The quantitative estimate of drug-likeness (QED) is 0.616. The zero-order valence-electron chi connectivity index (χ0n) is 7.46. The van der Waals surface area contributed by atoms with E-state index in [1.807, 2.05) is 45.1 Å². The third-order valence-electron chi connectivity index (χ3n) is 1.29. The van der Waals surface area contributed by atoms with Crippen LogP contribution >= 0.6 is 0 Å². The molecule has 0 aliphatic carbocycles. The lowest BCUT2D eigenvalue weighted by molar-refractivity contribution is 0.335. The van der Waals surface area contributed by atoms with Crippen LogP contribution in [-0.4, -0.2) is 11.7 Å². The monoisotopic (exact) mass is 152 g/mol. The van der Waals surface area contributed by atoms with Gasteiger partial charge in [0.2, 0.25) is 0 Å². The predicted molar refractivity (Wildman–Crippen MR) is 49.4 cm³/mol. The van der Waals surface area contributed by atoms with E-state index >= 15 is 0 Å². The molecule has 0 saturated heterocycles. The van der Waals surface area contributed by atoms with E-state index in [4.69, 9.17) is 5.11 Å². The van der Waals surface area contributed by atoms with E-state index in [1.54, 1.807) is 0 Å². The third-order valence-corrected chi connectivity index (χ3v) is 1.29. The van der Waals surface area contributed by atoms with Crippen LogP contribution in [0.3, 0.4) is 0 Å². The van der Waals surface area contributed by atoms with Crippen LogP contribution in [0.5, 0.6) is 0 Å². The van der Waals surface area contributed by atoms with E-state index in [1.165, 1.54) is 5.57 Å². The summed E-state index contributed by atoms with van der Waals surface area (Å²) >= 11 is 0. The van der Waals surface area contributed by atoms with Crippen molar-refractivity contribution in [1.82, 2.24) is 0 Å². The molecule has 0 amide bonds. The SMILES string of the molecule is C/C=C(\C=C\C=C(C)C)CO. The summed E-state index contributed by atoms with van der Waals surface area (Å²) in [6.45, 7) is 6.11. The molecule has 11 heavy (non-hydrogen) atoms. The summed E-state index contributed by atoms with van der Waals surface area (Å²) in [5.74, 6) is 0. The minimum absolute atomic E-state index is 0.115. The molecule has 0 radical (unpaired) electrons. The van der Waals surface area contributed by atoms with E-state index in [0.29, 0.717) is 0 Å². The zero-order chi connectivity index (χ0) is 8.69. The van der Waals surface area contributed by atoms with Gasteiger partial charge in [0.15, 0.2) is 0 Å². The Morgan fingerprint density at radius 2 is 2.00 bits per heavy atom. The molecule has 0 bridgehead atoms. The van der Waals surface area contributed by atoms with Crippen LogP contribution < -0.4 is 0 Å². The van der Waals surface area contributed by atoms with E-state index in [2.05, 4.69) is 0 Å². The van der Waals surface area contributed by atoms with Crippen molar-refractivity contribution in [2.75, 3.05) is 6.61 Å². The number of aliphatic hydroxyl groups excluding tert-OH is 1. The number of hydrogen-bond acceptors (Lipinski definition) is 1. The molecule has 0 spiro atoms. The van der Waals surface area contributed by atoms with Crippen LogP contribution in [0.2, 0.25) is 0 Å². The van der Waals surface area contributed by atoms with Gasteiger partial charge >= 0.3 is 0 Å². The summed E-state index contributed by atoms with van der Waals surface area (Å²) in [5.41, 5.74) is 2.21. The van der Waals surface area contributed by atoms with Crippen LogP contribution in [0.4, 0.5) is 0 Å². The molecule has 1 heteroatoms. The number of allylic oxidation sites excluding steroid dienone is 4. The Bertz CT molecular complexity index is 181. The summed E-state index contributed by atoms with van der Waals surface area (Å²) in [4.78, 5) is 0. The lowest BCUT2D eigenvalue weighted by Crippen LogP contribution is -1.83. The Labute approximate surface area is 68.7 Å². The molecule has 0 aromatic carbocycles. The normalized spacial score (nSPS) is 12.2. The van der Waals surface area contributed by atoms with Gasteiger partial charge in [-0.25, -0.2) is 0 Å². The van der Waals surface area contributed by atoms with Gasteiger partial charge in [0.1, 0.15) is 0 Å². The predicted octanol–water partition coefficient (Wildman–Crippen LogP) is 2.45. The molecule has 0 rings (SSSR count). The van der Waals surface area contributed by atoms with Crippen molar-refractivity contribution in [3.8, 4) is 0 Å². The number of hydrogen-bond donors (Lipinski definition) is 1. The fourth-order valence-electron chi connectivity index (χ4n) is 0.604. The smallest absolute Gasteiger partial charge is 0.0678 e. The molecule has 0 heterocycles. The van der Waals surface area contributed by atoms with Crippen LogP contribution in [0.25, 0.3) is 0 Å². The first kappa shape index (κ1) is 10.2. The molecule has 0 aliphatic heterocycles. The molecule has 0 aromatic heterocycles. The minimum Gasteiger partial charge on any atom is -0.392 e. The molecule has 1 N–H and O–H groups in total. The van der Waals surface area contributed by atoms with Crippen LogP contribution in [0.15, 0.2) is 35.5 Å². The summed E-state index contributed by atoms with van der Waals surface area (Å²) in [6, 6.07) is 0. The zero-order valence-corrected chi connectivity index (χ0v) is 7.46. The van der Waals surface area contributed by atoms with Gasteiger partial charge in [-0.15, -0.1) is 0 Å². The van der Waals surface area contributed by atoms with Gasteiger partial charge in [-0.1, -0.05) is 29.9 Å². The fourth-order valence-corrected chi connectivity index (χ4v) is 0.604. The Morgan fingerprint density at radius 3 is 2.36 bits per heavy atom. The van der Waals surface area contributed by atoms with Crippen molar-refractivity contribution < 1.29 is 5.11 Å². The first-order valence-electron chi connectivity index (χ1n) is 3.78. The first-order chi connectivity index (χ1) is 5.20. The highest BCUT2D eigenvalue weighted by molar-refractivity contribution is 5.22. The fraction of sp³-hybridized carbons (Fsp3) is 0.400. The van der Waals surface area contributed by atoms with Gasteiger partial charge in [0.25, 0.3) is 0 Å². The van der Waals surface area contributed by atoms with Crippen LogP contribution in [0, 0.1) is 0 Å². The van der Waals surface area contributed by atoms with E-state index < -0.39 is 0 Å². The van der Waals surface area contributed by atoms with Crippen molar-refractivity contribution in [3.05, 3.63) is 35.5 Å². The van der Waals surface area contributed by atoms with Crippen molar-refractivity contribution >= 4 is 0 Å². The molecular formula is C10H16O. The third kappa shape index (κ3) is 5.62. The van der Waals surface area contributed by atoms with Gasteiger partial charge in [-0.2, -0.15) is 0 Å². The molecule has 0 atom stereocenters. The molecule has 0 saturated carbocycles. The first-order valence-corrected chi connectivity index (χ1v) is 3.78. The van der Waals surface area contributed by atoms with Gasteiger partial charge in [-0.05, 0) is 26.3 Å². The highest BCUT2D eigenvalue weighted by atomic mass is 16.3.